The van der Waals surface area contributed by atoms with Crippen molar-refractivity contribution >= 4 is 17.9 Å². The van der Waals surface area contributed by atoms with Crippen molar-refractivity contribution in [2.75, 3.05) is 13.2 Å². The molecule has 0 aromatic heterocycles. The van der Waals surface area contributed by atoms with Crippen molar-refractivity contribution in [2.24, 2.45) is 0 Å². The fourth-order valence-electron chi connectivity index (χ4n) is 9.18. The molecule has 0 rings (SSSR count). The Hall–Kier alpha value is -3.67. The lowest BCUT2D eigenvalue weighted by molar-refractivity contribution is -0.167. The Balaban J connectivity index is 4.18. The molecule has 0 fully saturated rings. The van der Waals surface area contributed by atoms with Gasteiger partial charge in [-0.2, -0.15) is 0 Å². The SMILES string of the molecule is CC/C=C\C/C=C\C/C=C\C/C=C\C/C=C\C/C=C\C/C=C\CCCCCCCCCCCCCC(=O)OCC(COC(=O)CCCCCCCCCCCCCC)OC(=O)CCCCCCC/C=C\CCCCCCC. The Kier molecular flexibility index (Phi) is 61.8. The van der Waals surface area contributed by atoms with E-state index in [1.807, 2.05) is 0 Å². The van der Waals surface area contributed by atoms with Crippen LogP contribution in [0.15, 0.2) is 97.2 Å². The molecule has 0 aliphatic heterocycles. The zero-order valence-corrected chi connectivity index (χ0v) is 50.7. The smallest absolute Gasteiger partial charge is 0.306 e. The lowest BCUT2D eigenvalue weighted by Gasteiger charge is -2.18. The molecule has 77 heavy (non-hydrogen) atoms. The van der Waals surface area contributed by atoms with E-state index < -0.39 is 6.10 Å². The Morgan fingerprint density at radius 1 is 0.273 bits per heavy atom. The highest BCUT2D eigenvalue weighted by Gasteiger charge is 2.19. The predicted molar refractivity (Wildman–Crippen MR) is 334 cm³/mol. The maximum atomic E-state index is 12.9. The second kappa shape index (κ2) is 64.9. The Morgan fingerprint density at radius 2 is 0.506 bits per heavy atom. The molecule has 0 bridgehead atoms. The molecule has 0 amide bonds. The third-order valence-electron chi connectivity index (χ3n) is 14.1. The number of esters is 3. The van der Waals surface area contributed by atoms with Gasteiger partial charge < -0.3 is 14.2 Å². The van der Waals surface area contributed by atoms with Gasteiger partial charge in [-0.15, -0.1) is 0 Å². The van der Waals surface area contributed by atoms with Gasteiger partial charge in [0.2, 0.25) is 0 Å². The molecule has 0 aromatic carbocycles. The van der Waals surface area contributed by atoms with Gasteiger partial charge in [0.15, 0.2) is 6.10 Å². The van der Waals surface area contributed by atoms with Gasteiger partial charge in [0.25, 0.3) is 0 Å². The maximum Gasteiger partial charge on any atom is 0.306 e. The van der Waals surface area contributed by atoms with E-state index in [1.54, 1.807) is 0 Å². The lowest BCUT2D eigenvalue weighted by atomic mass is 10.0. The summed E-state index contributed by atoms with van der Waals surface area (Å²) < 4.78 is 16.9. The van der Waals surface area contributed by atoms with Crippen LogP contribution >= 0.6 is 0 Å². The average Bonchev–Trinajstić information content (AvgIpc) is 3.43. The number of hydrogen-bond acceptors (Lipinski definition) is 6. The number of hydrogen-bond donors (Lipinski definition) is 0. The number of allylic oxidation sites excluding steroid dienone is 16. The van der Waals surface area contributed by atoms with Crippen LogP contribution in [-0.2, 0) is 28.6 Å². The summed E-state index contributed by atoms with van der Waals surface area (Å²) in [5.41, 5.74) is 0. The summed E-state index contributed by atoms with van der Waals surface area (Å²) in [7, 11) is 0. The second-order valence-electron chi connectivity index (χ2n) is 21.6. The van der Waals surface area contributed by atoms with Crippen LogP contribution < -0.4 is 0 Å². The first-order valence-electron chi connectivity index (χ1n) is 32.7. The van der Waals surface area contributed by atoms with Crippen LogP contribution in [0, 0.1) is 0 Å². The average molecular weight is 1070 g/mol. The molecule has 6 heteroatoms. The van der Waals surface area contributed by atoms with E-state index in [2.05, 4.69) is 118 Å². The molecule has 0 N–H and O–H groups in total. The van der Waals surface area contributed by atoms with Gasteiger partial charge in [-0.05, 0) is 103 Å². The molecule has 0 spiro atoms. The normalized spacial score (nSPS) is 12.7. The van der Waals surface area contributed by atoms with Crippen LogP contribution in [0.25, 0.3) is 0 Å². The fourth-order valence-corrected chi connectivity index (χ4v) is 9.18. The van der Waals surface area contributed by atoms with Crippen LogP contribution in [-0.4, -0.2) is 37.2 Å². The third kappa shape index (κ3) is 63.0. The topological polar surface area (TPSA) is 78.9 Å². The van der Waals surface area contributed by atoms with Crippen molar-refractivity contribution < 1.29 is 28.6 Å². The van der Waals surface area contributed by atoms with E-state index >= 15 is 0 Å². The lowest BCUT2D eigenvalue weighted by Crippen LogP contribution is -2.30. The molecule has 1 atom stereocenters. The second-order valence-corrected chi connectivity index (χ2v) is 21.6. The van der Waals surface area contributed by atoms with Crippen molar-refractivity contribution in [3.05, 3.63) is 97.2 Å². The predicted octanol–water partition coefficient (Wildman–Crippen LogP) is 22.4. The molecule has 0 aliphatic carbocycles. The summed E-state index contributed by atoms with van der Waals surface area (Å²) in [6.45, 7) is 6.53. The first-order valence-corrected chi connectivity index (χ1v) is 32.7. The highest BCUT2D eigenvalue weighted by atomic mass is 16.6. The van der Waals surface area contributed by atoms with Gasteiger partial charge in [0.05, 0.1) is 0 Å². The van der Waals surface area contributed by atoms with Crippen LogP contribution in [0.5, 0.6) is 0 Å². The van der Waals surface area contributed by atoms with Crippen LogP contribution in [0.4, 0.5) is 0 Å². The van der Waals surface area contributed by atoms with Gasteiger partial charge in [0, 0.05) is 19.3 Å². The molecule has 0 saturated carbocycles. The van der Waals surface area contributed by atoms with E-state index in [1.165, 1.54) is 161 Å². The number of carbonyl (C=O) groups excluding carboxylic acids is 3. The van der Waals surface area contributed by atoms with Crippen molar-refractivity contribution in [1.29, 1.82) is 0 Å². The third-order valence-corrected chi connectivity index (χ3v) is 14.1. The largest absolute Gasteiger partial charge is 0.462 e. The van der Waals surface area contributed by atoms with Gasteiger partial charge >= 0.3 is 17.9 Å². The van der Waals surface area contributed by atoms with E-state index in [9.17, 15) is 14.4 Å². The first-order chi connectivity index (χ1) is 38.0. The quantitative estimate of drug-likeness (QED) is 0.0261. The highest BCUT2D eigenvalue weighted by Crippen LogP contribution is 2.16. The summed E-state index contributed by atoms with van der Waals surface area (Å²) >= 11 is 0. The Morgan fingerprint density at radius 3 is 0.805 bits per heavy atom. The van der Waals surface area contributed by atoms with Crippen molar-refractivity contribution in [3.63, 3.8) is 0 Å². The van der Waals surface area contributed by atoms with Gasteiger partial charge in [-0.1, -0.05) is 291 Å². The summed E-state index contributed by atoms with van der Waals surface area (Å²) in [4.78, 5) is 38.2. The molecular weight excluding hydrogens is 949 g/mol. The molecular formula is C71H122O6. The highest BCUT2D eigenvalue weighted by molar-refractivity contribution is 5.71. The maximum absolute atomic E-state index is 12.9. The molecule has 442 valence electrons. The van der Waals surface area contributed by atoms with Gasteiger partial charge in [-0.25, -0.2) is 0 Å². The molecule has 0 radical (unpaired) electrons. The molecule has 6 nitrogen and oxygen atoms in total. The summed E-state index contributed by atoms with van der Waals surface area (Å²) in [5.74, 6) is -0.879. The fraction of sp³-hybridized carbons (Fsp3) is 0.732. The number of carbonyl (C=O) groups is 3. The minimum Gasteiger partial charge on any atom is -0.462 e. The molecule has 0 aliphatic rings. The zero-order chi connectivity index (χ0) is 55.7. The first kappa shape index (κ1) is 73.3. The number of unbranched alkanes of at least 4 members (excludes halogenated alkanes) is 32. The number of ether oxygens (including phenoxy) is 3. The minimum absolute atomic E-state index is 0.0774. The molecule has 0 saturated heterocycles. The Labute approximate surface area is 477 Å². The van der Waals surface area contributed by atoms with E-state index in [-0.39, 0.29) is 31.1 Å². The van der Waals surface area contributed by atoms with E-state index in [0.717, 1.165) is 116 Å². The van der Waals surface area contributed by atoms with Crippen LogP contribution in [0.1, 0.15) is 316 Å². The van der Waals surface area contributed by atoms with E-state index in [4.69, 9.17) is 14.2 Å². The molecule has 0 heterocycles. The molecule has 1 unspecified atom stereocenters. The van der Waals surface area contributed by atoms with Crippen LogP contribution in [0.2, 0.25) is 0 Å². The van der Waals surface area contributed by atoms with Gasteiger partial charge in [-0.3, -0.25) is 14.4 Å². The monoisotopic (exact) mass is 1070 g/mol. The van der Waals surface area contributed by atoms with Crippen LogP contribution in [0.3, 0.4) is 0 Å². The van der Waals surface area contributed by atoms with Crippen molar-refractivity contribution in [1.82, 2.24) is 0 Å². The standard InChI is InChI=1S/C71H122O6/c1-4-7-10-13-16-19-22-25-27-28-29-30-31-32-33-34-35-36-37-38-39-40-41-42-43-44-45-47-49-52-55-58-61-64-70(73)76-67-68(66-75-69(72)63-60-57-54-51-48-24-21-18-15-12-9-6-3)77-71(74)65-62-59-56-53-50-46-26-23-20-17-14-11-8-5-2/h7,10,16,19,23,25-27,29-30,32-33,35-36,38-39,68H,4-6,8-9,11-15,17-18,20-22,24,28,31,34,37,40-67H2,1-3H3/b10-7-,19-16-,26-23-,27-25-,30-29-,33-32-,36-35-,39-38-. The molecule has 0 aromatic rings. The minimum atomic E-state index is -0.780. The summed E-state index contributed by atoms with van der Waals surface area (Å²) in [5, 5.41) is 0. The van der Waals surface area contributed by atoms with Gasteiger partial charge in [0.1, 0.15) is 13.2 Å². The van der Waals surface area contributed by atoms with Crippen molar-refractivity contribution in [2.45, 2.75) is 322 Å². The number of rotatable bonds is 59. The zero-order valence-electron chi connectivity index (χ0n) is 50.7. The van der Waals surface area contributed by atoms with Crippen molar-refractivity contribution in [3.8, 4) is 0 Å². The Bertz CT molecular complexity index is 1510. The summed E-state index contributed by atoms with van der Waals surface area (Å²) in [6, 6.07) is 0. The summed E-state index contributed by atoms with van der Waals surface area (Å²) in [6.07, 6.45) is 87.1. The van der Waals surface area contributed by atoms with E-state index in [0.29, 0.717) is 19.3 Å².